The second-order valence-corrected chi connectivity index (χ2v) is 2.62. The molecule has 1 heterocycles. The lowest BCUT2D eigenvalue weighted by atomic mass is 10.3. The first-order chi connectivity index (χ1) is 5.11. The second kappa shape index (κ2) is 3.20. The number of halogens is 3. The van der Waals surface area contributed by atoms with Crippen LogP contribution in [0.4, 0.5) is 4.39 Å². The van der Waals surface area contributed by atoms with Gasteiger partial charge in [-0.1, -0.05) is 29.8 Å². The van der Waals surface area contributed by atoms with Crippen molar-refractivity contribution in [3.63, 3.8) is 0 Å². The lowest BCUT2D eigenvalue weighted by Gasteiger charge is -1.98. The van der Waals surface area contributed by atoms with E-state index in [-0.39, 0.29) is 15.9 Å². The van der Waals surface area contributed by atoms with Gasteiger partial charge in [-0.2, -0.15) is 0 Å². The summed E-state index contributed by atoms with van der Waals surface area (Å²) in [5.74, 6) is -0.612. The highest BCUT2D eigenvalue weighted by Gasteiger charge is 2.04. The molecule has 0 saturated heterocycles. The molecule has 0 unspecified atom stereocenters. The minimum Gasteiger partial charge on any atom is -0.224 e. The van der Waals surface area contributed by atoms with Crippen molar-refractivity contribution in [2.75, 3.05) is 0 Å². The third kappa shape index (κ3) is 1.91. The van der Waals surface area contributed by atoms with Crippen molar-refractivity contribution < 1.29 is 4.39 Å². The summed E-state index contributed by atoms with van der Waals surface area (Å²) in [6.07, 6.45) is 0. The summed E-state index contributed by atoms with van der Waals surface area (Å²) in [7, 11) is 0. The van der Waals surface area contributed by atoms with E-state index < -0.39 is 5.83 Å². The number of aromatic nitrogens is 1. The van der Waals surface area contributed by atoms with Gasteiger partial charge in [-0.15, -0.1) is 0 Å². The van der Waals surface area contributed by atoms with E-state index in [1.807, 2.05) is 0 Å². The Morgan fingerprint density at radius 2 is 2.09 bits per heavy atom. The monoisotopic (exact) mass is 191 g/mol. The Labute approximate surface area is 73.5 Å². The minimum atomic E-state index is -0.612. The molecule has 0 N–H and O–H groups in total. The van der Waals surface area contributed by atoms with E-state index in [2.05, 4.69) is 11.6 Å². The molecule has 0 aromatic carbocycles. The topological polar surface area (TPSA) is 12.9 Å². The lowest BCUT2D eigenvalue weighted by molar-refractivity contribution is 0.762. The number of pyridine rings is 1. The largest absolute Gasteiger partial charge is 0.224 e. The molecule has 0 aliphatic carbocycles. The fraction of sp³-hybridized carbons (Fsp3) is 0. The molecule has 1 aromatic rings. The zero-order valence-corrected chi connectivity index (χ0v) is 6.95. The molecule has 1 nitrogen and oxygen atoms in total. The van der Waals surface area contributed by atoms with Crippen molar-refractivity contribution in [2.45, 2.75) is 0 Å². The number of hydrogen-bond donors (Lipinski definition) is 0. The molecular formula is C7H4Cl2FN. The van der Waals surface area contributed by atoms with Gasteiger partial charge in [0.05, 0.1) is 0 Å². The number of nitrogens with zero attached hydrogens (tertiary/aromatic N) is 1. The first kappa shape index (κ1) is 8.50. The highest BCUT2D eigenvalue weighted by Crippen LogP contribution is 2.23. The summed E-state index contributed by atoms with van der Waals surface area (Å²) in [4.78, 5) is 3.62. The first-order valence-corrected chi connectivity index (χ1v) is 3.53. The normalized spacial score (nSPS) is 9.73. The summed E-state index contributed by atoms with van der Waals surface area (Å²) < 4.78 is 12.5. The molecule has 0 bridgehead atoms. The molecule has 0 atom stereocenters. The van der Waals surface area contributed by atoms with E-state index in [1.165, 1.54) is 12.1 Å². The van der Waals surface area contributed by atoms with Crippen molar-refractivity contribution in [2.24, 2.45) is 0 Å². The van der Waals surface area contributed by atoms with Crippen LogP contribution in [0, 0.1) is 0 Å². The molecule has 58 valence electrons. The predicted octanol–water partition coefficient (Wildman–Crippen LogP) is 3.33. The summed E-state index contributed by atoms with van der Waals surface area (Å²) in [6.45, 7) is 3.08. The van der Waals surface area contributed by atoms with Gasteiger partial charge in [0, 0.05) is 5.56 Å². The Bertz CT molecular complexity index is 298. The van der Waals surface area contributed by atoms with Crippen molar-refractivity contribution in [1.82, 2.24) is 4.98 Å². The van der Waals surface area contributed by atoms with Crippen LogP contribution in [0.1, 0.15) is 5.56 Å². The predicted molar refractivity (Wildman–Crippen MR) is 44.4 cm³/mol. The first-order valence-electron chi connectivity index (χ1n) is 2.78. The fourth-order valence-corrected chi connectivity index (χ4v) is 1.06. The zero-order valence-electron chi connectivity index (χ0n) is 5.44. The third-order valence-electron chi connectivity index (χ3n) is 1.11. The van der Waals surface area contributed by atoms with Crippen LogP contribution in [0.25, 0.3) is 5.83 Å². The Morgan fingerprint density at radius 1 is 1.45 bits per heavy atom. The minimum absolute atomic E-state index is 0.0324. The van der Waals surface area contributed by atoms with Crippen LogP contribution in [0.5, 0.6) is 0 Å². The average molecular weight is 192 g/mol. The van der Waals surface area contributed by atoms with Crippen LogP contribution in [0.2, 0.25) is 10.3 Å². The SMILES string of the molecule is C=C(F)c1ccc(Cl)nc1Cl. The van der Waals surface area contributed by atoms with E-state index in [1.54, 1.807) is 0 Å². The molecular weight excluding hydrogens is 188 g/mol. The van der Waals surface area contributed by atoms with Gasteiger partial charge in [0.2, 0.25) is 0 Å². The van der Waals surface area contributed by atoms with Gasteiger partial charge in [0.15, 0.2) is 0 Å². The van der Waals surface area contributed by atoms with Gasteiger partial charge >= 0.3 is 0 Å². The van der Waals surface area contributed by atoms with Crippen molar-refractivity contribution in [1.29, 1.82) is 0 Å². The zero-order chi connectivity index (χ0) is 8.43. The average Bonchev–Trinajstić information content (AvgIpc) is 1.85. The summed E-state index contributed by atoms with van der Waals surface area (Å²) in [5, 5.41) is 0.269. The van der Waals surface area contributed by atoms with E-state index in [9.17, 15) is 4.39 Å². The molecule has 11 heavy (non-hydrogen) atoms. The molecule has 0 aliphatic rings. The van der Waals surface area contributed by atoms with E-state index >= 15 is 0 Å². The van der Waals surface area contributed by atoms with Crippen LogP contribution >= 0.6 is 23.2 Å². The number of hydrogen-bond acceptors (Lipinski definition) is 1. The molecule has 0 spiro atoms. The maximum absolute atomic E-state index is 12.5. The standard InChI is InChI=1S/C7H4Cl2FN/c1-4(10)5-2-3-6(8)11-7(5)9/h2-3H,1H2. The highest BCUT2D eigenvalue weighted by molar-refractivity contribution is 6.33. The molecule has 4 heteroatoms. The third-order valence-corrected chi connectivity index (χ3v) is 1.61. The van der Waals surface area contributed by atoms with Crippen LogP contribution in [-0.4, -0.2) is 4.98 Å². The molecule has 0 aliphatic heterocycles. The maximum Gasteiger partial charge on any atom is 0.140 e. The van der Waals surface area contributed by atoms with Crippen molar-refractivity contribution >= 4 is 29.0 Å². The van der Waals surface area contributed by atoms with Gasteiger partial charge in [-0.25, -0.2) is 9.37 Å². The summed E-state index contributed by atoms with van der Waals surface area (Å²) >= 11 is 11.0. The second-order valence-electron chi connectivity index (χ2n) is 1.88. The number of rotatable bonds is 1. The Kier molecular flexibility index (Phi) is 2.47. The summed E-state index contributed by atoms with van der Waals surface area (Å²) in [6, 6.07) is 2.88. The smallest absolute Gasteiger partial charge is 0.140 e. The van der Waals surface area contributed by atoms with Gasteiger partial charge in [-0.05, 0) is 12.1 Å². The lowest BCUT2D eigenvalue weighted by Crippen LogP contribution is -1.83. The Hall–Kier alpha value is -0.600. The fourth-order valence-electron chi connectivity index (χ4n) is 0.614. The van der Waals surface area contributed by atoms with Crippen LogP contribution in [0.15, 0.2) is 18.7 Å². The van der Waals surface area contributed by atoms with Gasteiger partial charge in [-0.3, -0.25) is 0 Å². The molecule has 1 aromatic heterocycles. The van der Waals surface area contributed by atoms with Gasteiger partial charge in [0.1, 0.15) is 16.1 Å². The van der Waals surface area contributed by atoms with E-state index in [0.29, 0.717) is 0 Å². The van der Waals surface area contributed by atoms with Crippen molar-refractivity contribution in [3.8, 4) is 0 Å². The quantitative estimate of drug-likeness (QED) is 0.621. The van der Waals surface area contributed by atoms with Gasteiger partial charge < -0.3 is 0 Å². The van der Waals surface area contributed by atoms with Crippen LogP contribution < -0.4 is 0 Å². The maximum atomic E-state index is 12.5. The highest BCUT2D eigenvalue weighted by atomic mass is 35.5. The Morgan fingerprint density at radius 3 is 2.55 bits per heavy atom. The van der Waals surface area contributed by atoms with Crippen LogP contribution in [-0.2, 0) is 0 Å². The van der Waals surface area contributed by atoms with Crippen molar-refractivity contribution in [3.05, 3.63) is 34.6 Å². The van der Waals surface area contributed by atoms with E-state index in [4.69, 9.17) is 23.2 Å². The van der Waals surface area contributed by atoms with E-state index in [0.717, 1.165) is 0 Å². The Balaban J connectivity index is 3.20. The van der Waals surface area contributed by atoms with Crippen LogP contribution in [0.3, 0.4) is 0 Å². The molecule has 1 rings (SSSR count). The molecule has 0 radical (unpaired) electrons. The summed E-state index contributed by atoms with van der Waals surface area (Å²) in [5.41, 5.74) is 0.177. The van der Waals surface area contributed by atoms with Gasteiger partial charge in [0.25, 0.3) is 0 Å². The molecule has 0 saturated carbocycles. The molecule has 0 amide bonds. The molecule has 0 fully saturated rings.